The predicted molar refractivity (Wildman–Crippen MR) is 79.6 cm³/mol. The van der Waals surface area contributed by atoms with Crippen molar-refractivity contribution in [1.82, 2.24) is 0 Å². The first-order valence-electron chi connectivity index (χ1n) is 5.96. The van der Waals surface area contributed by atoms with Crippen molar-refractivity contribution in [2.75, 3.05) is 11.9 Å². The number of anilines is 1. The fourth-order valence-corrected chi connectivity index (χ4v) is 2.32. The van der Waals surface area contributed by atoms with E-state index in [4.69, 9.17) is 0 Å². The number of carbonyl (C=O) groups is 1. The van der Waals surface area contributed by atoms with Gasteiger partial charge in [0.1, 0.15) is 5.82 Å². The summed E-state index contributed by atoms with van der Waals surface area (Å²) in [5, 5.41) is 9.21. The molecular weight excluding hydrogens is 325 g/mol. The van der Waals surface area contributed by atoms with Crippen LogP contribution < -0.4 is 4.90 Å². The molecule has 1 N–H and O–H groups in total. The molecule has 0 saturated heterocycles. The van der Waals surface area contributed by atoms with E-state index in [0.29, 0.717) is 17.8 Å². The smallest absolute Gasteiger partial charge is 0.337 e. The number of halogens is 2. The Morgan fingerprint density at radius 2 is 2.00 bits per heavy atom. The minimum absolute atomic E-state index is 0.187. The zero-order valence-electron chi connectivity index (χ0n) is 10.8. The Balaban J connectivity index is 2.34. The molecule has 0 saturated carbocycles. The van der Waals surface area contributed by atoms with Crippen molar-refractivity contribution < 1.29 is 14.3 Å². The van der Waals surface area contributed by atoms with E-state index in [2.05, 4.69) is 15.9 Å². The van der Waals surface area contributed by atoms with Gasteiger partial charge in [-0.2, -0.15) is 0 Å². The normalized spacial score (nSPS) is 10.3. The average Bonchev–Trinajstić information content (AvgIpc) is 2.40. The second kappa shape index (κ2) is 6.05. The number of hydrogen-bond acceptors (Lipinski definition) is 2. The van der Waals surface area contributed by atoms with Crippen molar-refractivity contribution in [3.05, 3.63) is 63.9 Å². The minimum atomic E-state index is -1.01. The summed E-state index contributed by atoms with van der Waals surface area (Å²) in [7, 11) is 1.74. The average molecular weight is 338 g/mol. The lowest BCUT2D eigenvalue weighted by Crippen LogP contribution is -2.20. The molecule has 2 rings (SSSR count). The van der Waals surface area contributed by atoms with E-state index in [1.807, 2.05) is 0 Å². The van der Waals surface area contributed by atoms with E-state index in [9.17, 15) is 14.3 Å². The molecule has 0 fully saturated rings. The summed E-state index contributed by atoms with van der Waals surface area (Å²) in [5.74, 6) is -1.31. The van der Waals surface area contributed by atoms with Gasteiger partial charge in [-0.25, -0.2) is 9.18 Å². The van der Waals surface area contributed by atoms with Gasteiger partial charge in [0.15, 0.2) is 0 Å². The number of hydrogen-bond donors (Lipinski definition) is 1. The van der Waals surface area contributed by atoms with Crippen LogP contribution in [-0.2, 0) is 6.54 Å². The topological polar surface area (TPSA) is 40.5 Å². The molecule has 20 heavy (non-hydrogen) atoms. The second-order valence-electron chi connectivity index (χ2n) is 4.41. The van der Waals surface area contributed by atoms with Gasteiger partial charge in [0.25, 0.3) is 0 Å². The van der Waals surface area contributed by atoms with Gasteiger partial charge in [0.2, 0.25) is 0 Å². The SMILES string of the molecule is CN(Cc1ccccc1F)c1cc(Br)ccc1C(=O)O. The van der Waals surface area contributed by atoms with Gasteiger partial charge < -0.3 is 10.0 Å². The monoisotopic (exact) mass is 337 g/mol. The first-order valence-corrected chi connectivity index (χ1v) is 6.75. The van der Waals surface area contributed by atoms with Crippen LogP contribution in [0.2, 0.25) is 0 Å². The molecule has 2 aromatic rings. The molecule has 2 aromatic carbocycles. The molecule has 0 aromatic heterocycles. The predicted octanol–water partition coefficient (Wildman–Crippen LogP) is 3.92. The molecule has 0 aliphatic carbocycles. The maximum atomic E-state index is 13.7. The molecule has 0 bridgehead atoms. The fraction of sp³-hybridized carbons (Fsp3) is 0.133. The molecular formula is C15H13BrFNO2. The molecule has 0 aliphatic rings. The van der Waals surface area contributed by atoms with Crippen LogP contribution in [0.1, 0.15) is 15.9 Å². The van der Waals surface area contributed by atoms with E-state index in [-0.39, 0.29) is 11.4 Å². The van der Waals surface area contributed by atoms with Gasteiger partial charge in [-0.15, -0.1) is 0 Å². The summed E-state index contributed by atoms with van der Waals surface area (Å²) in [5.41, 5.74) is 1.24. The highest BCUT2D eigenvalue weighted by molar-refractivity contribution is 9.10. The van der Waals surface area contributed by atoms with Gasteiger partial charge in [0, 0.05) is 23.6 Å². The lowest BCUT2D eigenvalue weighted by atomic mass is 10.1. The zero-order chi connectivity index (χ0) is 14.7. The summed E-state index contributed by atoms with van der Waals surface area (Å²) in [6.45, 7) is 0.295. The van der Waals surface area contributed by atoms with Gasteiger partial charge in [-0.05, 0) is 24.3 Å². The van der Waals surface area contributed by atoms with Crippen LogP contribution in [-0.4, -0.2) is 18.1 Å². The van der Waals surface area contributed by atoms with Crippen molar-refractivity contribution in [3.8, 4) is 0 Å². The highest BCUT2D eigenvalue weighted by Gasteiger charge is 2.15. The maximum absolute atomic E-state index is 13.7. The Morgan fingerprint density at radius 3 is 2.65 bits per heavy atom. The molecule has 0 amide bonds. The zero-order valence-corrected chi connectivity index (χ0v) is 12.4. The third-order valence-corrected chi connectivity index (χ3v) is 3.46. The Bertz CT molecular complexity index is 646. The van der Waals surface area contributed by atoms with Gasteiger partial charge in [-0.3, -0.25) is 0 Å². The van der Waals surface area contributed by atoms with Crippen LogP contribution in [0.25, 0.3) is 0 Å². The summed E-state index contributed by atoms with van der Waals surface area (Å²) in [4.78, 5) is 13.0. The van der Waals surface area contributed by atoms with Crippen LogP contribution >= 0.6 is 15.9 Å². The third kappa shape index (κ3) is 3.17. The summed E-state index contributed by atoms with van der Waals surface area (Å²) in [6.07, 6.45) is 0. The first-order chi connectivity index (χ1) is 9.49. The largest absolute Gasteiger partial charge is 0.478 e. The molecule has 0 atom stereocenters. The minimum Gasteiger partial charge on any atom is -0.478 e. The number of carboxylic acid groups (broad SMARTS) is 1. The number of carboxylic acids is 1. The molecule has 0 spiro atoms. The van der Waals surface area contributed by atoms with Gasteiger partial charge in [0.05, 0.1) is 11.3 Å². The van der Waals surface area contributed by atoms with Crippen molar-refractivity contribution in [1.29, 1.82) is 0 Å². The quantitative estimate of drug-likeness (QED) is 0.919. The van der Waals surface area contributed by atoms with Crippen LogP contribution in [0.5, 0.6) is 0 Å². The van der Waals surface area contributed by atoms with E-state index < -0.39 is 5.97 Å². The van der Waals surface area contributed by atoms with Crippen LogP contribution in [0, 0.1) is 5.82 Å². The van der Waals surface area contributed by atoms with Crippen LogP contribution in [0.4, 0.5) is 10.1 Å². The van der Waals surface area contributed by atoms with Crippen molar-refractivity contribution >= 4 is 27.6 Å². The fourth-order valence-electron chi connectivity index (χ4n) is 1.97. The lowest BCUT2D eigenvalue weighted by Gasteiger charge is -2.22. The summed E-state index contributed by atoms with van der Waals surface area (Å²) >= 11 is 3.32. The molecule has 5 heteroatoms. The van der Waals surface area contributed by atoms with E-state index in [1.165, 1.54) is 12.1 Å². The highest BCUT2D eigenvalue weighted by Crippen LogP contribution is 2.26. The molecule has 0 heterocycles. The molecule has 0 unspecified atom stereocenters. The first kappa shape index (κ1) is 14.5. The van der Waals surface area contributed by atoms with Crippen molar-refractivity contribution in [2.45, 2.75) is 6.54 Å². The van der Waals surface area contributed by atoms with Gasteiger partial charge in [-0.1, -0.05) is 34.1 Å². The number of rotatable bonds is 4. The summed E-state index contributed by atoms with van der Waals surface area (Å²) < 4.78 is 14.4. The molecule has 104 valence electrons. The Hall–Kier alpha value is -1.88. The number of aromatic carboxylic acids is 1. The Kier molecular flexibility index (Phi) is 4.39. The Labute approximate surface area is 124 Å². The molecule has 3 nitrogen and oxygen atoms in total. The maximum Gasteiger partial charge on any atom is 0.337 e. The highest BCUT2D eigenvalue weighted by atomic mass is 79.9. The summed E-state index contributed by atoms with van der Waals surface area (Å²) in [6, 6.07) is 11.4. The van der Waals surface area contributed by atoms with Crippen LogP contribution in [0.3, 0.4) is 0 Å². The number of nitrogens with zero attached hydrogens (tertiary/aromatic N) is 1. The van der Waals surface area contributed by atoms with E-state index in [0.717, 1.165) is 4.47 Å². The van der Waals surface area contributed by atoms with Crippen molar-refractivity contribution in [3.63, 3.8) is 0 Å². The standard InChI is InChI=1S/C15H13BrFNO2/c1-18(9-10-4-2-3-5-13(10)17)14-8-11(16)6-7-12(14)15(19)20/h2-8H,9H2,1H3,(H,19,20). The number of benzene rings is 2. The van der Waals surface area contributed by atoms with E-state index >= 15 is 0 Å². The van der Waals surface area contributed by atoms with Crippen molar-refractivity contribution in [2.24, 2.45) is 0 Å². The van der Waals surface area contributed by atoms with Gasteiger partial charge >= 0.3 is 5.97 Å². The lowest BCUT2D eigenvalue weighted by molar-refractivity contribution is 0.0697. The molecule has 0 radical (unpaired) electrons. The van der Waals surface area contributed by atoms with E-state index in [1.54, 1.807) is 42.3 Å². The second-order valence-corrected chi connectivity index (χ2v) is 5.33. The molecule has 0 aliphatic heterocycles. The Morgan fingerprint density at radius 1 is 1.30 bits per heavy atom. The third-order valence-electron chi connectivity index (χ3n) is 2.97. The van der Waals surface area contributed by atoms with Crippen LogP contribution in [0.15, 0.2) is 46.9 Å².